The third-order valence-electron chi connectivity index (χ3n) is 6.17. The zero-order valence-electron chi connectivity index (χ0n) is 27.2. The van der Waals surface area contributed by atoms with Crippen molar-refractivity contribution >= 4 is 26.9 Å². The van der Waals surface area contributed by atoms with E-state index in [9.17, 15) is 19.5 Å². The van der Waals surface area contributed by atoms with Crippen LogP contribution in [0.4, 0.5) is 0 Å². The highest BCUT2D eigenvalue weighted by Crippen LogP contribution is 2.24. The molecule has 0 aliphatic heterocycles. The van der Waals surface area contributed by atoms with Gasteiger partial charge in [0, 0.05) is 11.1 Å². The summed E-state index contributed by atoms with van der Waals surface area (Å²) >= 11 is 0. The van der Waals surface area contributed by atoms with E-state index in [1.807, 2.05) is 0 Å². The van der Waals surface area contributed by atoms with Crippen molar-refractivity contribution in [1.82, 2.24) is 0 Å². The Morgan fingerprint density at radius 3 is 2.16 bits per heavy atom. The number of carboxylic acids is 1. The summed E-state index contributed by atoms with van der Waals surface area (Å²) in [6.07, 6.45) is -0.313. The van der Waals surface area contributed by atoms with Crippen LogP contribution in [0.25, 0.3) is 0 Å². The van der Waals surface area contributed by atoms with Crippen molar-refractivity contribution in [3.63, 3.8) is 0 Å². The predicted molar refractivity (Wildman–Crippen MR) is 172 cm³/mol. The van der Waals surface area contributed by atoms with Crippen LogP contribution in [-0.4, -0.2) is 50.4 Å². The molecule has 1 radical (unpaired) electrons. The minimum Gasteiger partial charge on any atom is -0.481 e. The number of aliphatic carboxylic acids is 1. The van der Waals surface area contributed by atoms with Crippen molar-refractivity contribution in [3.05, 3.63) is 70.3 Å². The summed E-state index contributed by atoms with van der Waals surface area (Å²) in [6.45, 7) is 17.0. The lowest BCUT2D eigenvalue weighted by atomic mass is 9.89. The van der Waals surface area contributed by atoms with Gasteiger partial charge < -0.3 is 24.7 Å². The van der Waals surface area contributed by atoms with Crippen molar-refractivity contribution in [2.75, 3.05) is 6.61 Å². The van der Waals surface area contributed by atoms with E-state index in [4.69, 9.17) is 19.6 Å². The highest BCUT2D eigenvalue weighted by atomic mass is 28.3. The molecular formula is C35H44NO7Si. The fourth-order valence-electron chi connectivity index (χ4n) is 3.87. The molecule has 44 heavy (non-hydrogen) atoms. The van der Waals surface area contributed by atoms with Gasteiger partial charge in [0.1, 0.15) is 17.7 Å². The first kappa shape index (κ1) is 36.3. The third kappa shape index (κ3) is 12.4. The van der Waals surface area contributed by atoms with Crippen molar-refractivity contribution in [1.29, 1.82) is 0 Å². The van der Waals surface area contributed by atoms with E-state index >= 15 is 0 Å². The van der Waals surface area contributed by atoms with Crippen molar-refractivity contribution in [2.45, 2.75) is 91.6 Å². The molecule has 0 spiro atoms. The number of benzene rings is 2. The number of carboxylic acid groups (broad SMARTS) is 1. The molecule has 0 bridgehead atoms. The van der Waals surface area contributed by atoms with E-state index in [1.165, 1.54) is 0 Å². The molecule has 0 saturated carbocycles. The number of rotatable bonds is 9. The van der Waals surface area contributed by atoms with Crippen LogP contribution in [0.15, 0.2) is 42.5 Å². The molecule has 9 heteroatoms. The van der Waals surface area contributed by atoms with Crippen LogP contribution in [0.3, 0.4) is 0 Å². The molecule has 235 valence electrons. The third-order valence-corrected chi connectivity index (χ3v) is 6.88. The lowest BCUT2D eigenvalue weighted by Gasteiger charge is -2.28. The number of ether oxygens (including phenoxy) is 2. The topological polar surface area (TPSA) is 125 Å². The molecule has 0 aromatic heterocycles. The Balaban J connectivity index is 2.17. The molecule has 0 saturated heterocycles. The second kappa shape index (κ2) is 15.7. The normalized spacial score (nSPS) is 13.4. The molecule has 2 rings (SSSR count). The Morgan fingerprint density at radius 2 is 1.59 bits per heavy atom. The average molecular weight is 619 g/mol. The summed E-state index contributed by atoms with van der Waals surface area (Å²) in [5.41, 5.74) is 8.13. The van der Waals surface area contributed by atoms with Gasteiger partial charge in [-0.1, -0.05) is 68.7 Å². The Hall–Kier alpha value is -3.89. The first-order valence-corrected chi connectivity index (χ1v) is 16.8. The van der Waals surface area contributed by atoms with Crippen LogP contribution in [0.5, 0.6) is 0 Å². The fraction of sp³-hybridized carbons (Fsp3) is 0.457. The minimum absolute atomic E-state index is 0.0304. The smallest absolute Gasteiger partial charge is 0.328 e. The Bertz CT molecular complexity index is 1460. The van der Waals surface area contributed by atoms with Crippen LogP contribution in [0.2, 0.25) is 13.1 Å². The van der Waals surface area contributed by atoms with E-state index in [-0.39, 0.29) is 24.5 Å². The second-order valence-electron chi connectivity index (χ2n) is 12.8. The van der Waals surface area contributed by atoms with Crippen LogP contribution in [0.1, 0.15) is 88.2 Å². The monoisotopic (exact) mass is 618 g/mol. The van der Waals surface area contributed by atoms with Gasteiger partial charge in [-0.2, -0.15) is 0 Å². The SMILES string of the molecule is CC(C(=O)O)c1cc(C#CCOC(=O)Cc2cccc(C(N)C(=O)OC(C)(C)C)c2)cc(C#CC(O[Si](C)C)C(C)(C)C)c1. The quantitative estimate of drug-likeness (QED) is 0.218. The molecule has 8 nitrogen and oxygen atoms in total. The molecule has 2 aromatic rings. The van der Waals surface area contributed by atoms with Crippen LogP contribution in [-0.2, 0) is 34.7 Å². The molecule has 0 amide bonds. The molecule has 0 fully saturated rings. The van der Waals surface area contributed by atoms with Crippen LogP contribution in [0, 0.1) is 29.1 Å². The van der Waals surface area contributed by atoms with Crippen molar-refractivity contribution in [2.24, 2.45) is 11.1 Å². The molecule has 3 atom stereocenters. The Labute approximate surface area is 263 Å². The van der Waals surface area contributed by atoms with Gasteiger partial charge in [-0.25, -0.2) is 4.79 Å². The van der Waals surface area contributed by atoms with Crippen molar-refractivity contribution < 1.29 is 33.4 Å². The number of carbonyl (C=O) groups is 3. The largest absolute Gasteiger partial charge is 0.481 e. The summed E-state index contributed by atoms with van der Waals surface area (Å²) in [5.74, 6) is 9.40. The standard InChI is InChI=1S/C35H44NO7Si/c1-23(32(38)39)28-20-24(18-26(21-28)15-16-29(34(2,3)4)43-44(8)9)13-11-17-41-30(37)22-25-12-10-14-27(19-25)31(36)33(40)42-35(5,6)7/h10,12,14,18-21,23,29,31H,17,22,36H2,1-9H3,(H,38,39). The molecular weight excluding hydrogens is 574 g/mol. The number of esters is 2. The summed E-state index contributed by atoms with van der Waals surface area (Å²) in [4.78, 5) is 36.5. The van der Waals surface area contributed by atoms with Gasteiger partial charge in [-0.05, 0) is 81.1 Å². The van der Waals surface area contributed by atoms with Gasteiger partial charge in [0.15, 0.2) is 6.61 Å². The summed E-state index contributed by atoms with van der Waals surface area (Å²) < 4.78 is 16.8. The molecule has 0 aliphatic rings. The number of nitrogens with two attached hydrogens (primary N) is 1. The number of hydrogen-bond acceptors (Lipinski definition) is 7. The van der Waals surface area contributed by atoms with Crippen LogP contribution < -0.4 is 5.73 Å². The van der Waals surface area contributed by atoms with Gasteiger partial charge in [-0.15, -0.1) is 0 Å². The maximum atomic E-state index is 12.5. The Kier molecular flexibility index (Phi) is 13.0. The molecule has 0 heterocycles. The Morgan fingerprint density at radius 1 is 0.955 bits per heavy atom. The van der Waals surface area contributed by atoms with Crippen LogP contribution >= 0.6 is 0 Å². The van der Waals surface area contributed by atoms with E-state index in [0.29, 0.717) is 27.8 Å². The first-order chi connectivity index (χ1) is 20.4. The predicted octanol–water partition coefficient (Wildman–Crippen LogP) is 5.39. The van der Waals surface area contributed by atoms with E-state index in [0.717, 1.165) is 0 Å². The molecule has 2 aromatic carbocycles. The van der Waals surface area contributed by atoms with Gasteiger partial charge in [0.05, 0.1) is 12.3 Å². The average Bonchev–Trinajstić information content (AvgIpc) is 2.90. The summed E-state index contributed by atoms with van der Waals surface area (Å²) in [6, 6.07) is 11.1. The van der Waals surface area contributed by atoms with E-state index < -0.39 is 44.5 Å². The first-order valence-electron chi connectivity index (χ1n) is 14.4. The van der Waals surface area contributed by atoms with Gasteiger partial charge >= 0.3 is 17.9 Å². The molecule has 3 N–H and O–H groups in total. The highest BCUT2D eigenvalue weighted by Gasteiger charge is 2.25. The zero-order valence-corrected chi connectivity index (χ0v) is 28.2. The maximum absolute atomic E-state index is 12.5. The lowest BCUT2D eigenvalue weighted by molar-refractivity contribution is -0.156. The molecule has 3 unspecified atom stereocenters. The lowest BCUT2D eigenvalue weighted by Crippen LogP contribution is -2.31. The maximum Gasteiger partial charge on any atom is 0.328 e. The second-order valence-corrected chi connectivity index (χ2v) is 14.9. The van der Waals surface area contributed by atoms with E-state index in [1.54, 1.807) is 70.2 Å². The molecule has 0 aliphatic carbocycles. The fourth-order valence-corrected chi connectivity index (χ4v) is 4.75. The van der Waals surface area contributed by atoms with Gasteiger partial charge in [0.25, 0.3) is 0 Å². The number of hydrogen-bond donors (Lipinski definition) is 2. The van der Waals surface area contributed by atoms with Gasteiger partial charge in [-0.3, -0.25) is 9.59 Å². The van der Waals surface area contributed by atoms with Crippen molar-refractivity contribution in [3.8, 4) is 23.7 Å². The summed E-state index contributed by atoms with van der Waals surface area (Å²) in [5, 5.41) is 9.58. The highest BCUT2D eigenvalue weighted by molar-refractivity contribution is 6.48. The van der Waals surface area contributed by atoms with Gasteiger partial charge in [0.2, 0.25) is 9.04 Å². The minimum atomic E-state index is -0.985. The summed E-state index contributed by atoms with van der Waals surface area (Å²) in [7, 11) is -0.985. The number of carbonyl (C=O) groups excluding carboxylic acids is 2. The van der Waals surface area contributed by atoms with E-state index in [2.05, 4.69) is 57.5 Å². The zero-order chi connectivity index (χ0) is 33.2.